The van der Waals surface area contributed by atoms with E-state index in [0.29, 0.717) is 11.7 Å². The zero-order valence-corrected chi connectivity index (χ0v) is 9.53. The molecule has 5 nitrogen and oxygen atoms in total. The van der Waals surface area contributed by atoms with Gasteiger partial charge in [-0.05, 0) is 24.3 Å². The third-order valence-corrected chi connectivity index (χ3v) is 1.99. The molecule has 0 amide bonds. The van der Waals surface area contributed by atoms with Crippen molar-refractivity contribution >= 4 is 12.4 Å². The van der Waals surface area contributed by atoms with Crippen LogP contribution in [0, 0.1) is 0 Å². The van der Waals surface area contributed by atoms with E-state index in [9.17, 15) is 0 Å². The van der Waals surface area contributed by atoms with E-state index in [-0.39, 0.29) is 19.0 Å². The third kappa shape index (κ3) is 2.50. The number of hydrogen-bond acceptors (Lipinski definition) is 5. The average Bonchev–Trinajstić information content (AvgIpc) is 2.78. The average molecular weight is 242 g/mol. The second kappa shape index (κ2) is 5.48. The van der Waals surface area contributed by atoms with E-state index in [0.717, 1.165) is 11.3 Å². The van der Waals surface area contributed by atoms with Gasteiger partial charge in [0.15, 0.2) is 5.82 Å². The highest BCUT2D eigenvalue weighted by Crippen LogP contribution is 2.20. The van der Waals surface area contributed by atoms with Gasteiger partial charge in [-0.1, -0.05) is 5.16 Å². The Labute approximate surface area is 99.0 Å². The number of methoxy groups -OCH3 is 1. The minimum absolute atomic E-state index is 0. The highest BCUT2D eigenvalue weighted by atomic mass is 35.5. The van der Waals surface area contributed by atoms with E-state index in [4.69, 9.17) is 15.0 Å². The molecule has 2 N–H and O–H groups in total. The predicted molar refractivity (Wildman–Crippen MR) is 61.4 cm³/mol. The Morgan fingerprint density at radius 3 is 2.50 bits per heavy atom. The second-order valence-corrected chi connectivity index (χ2v) is 2.95. The van der Waals surface area contributed by atoms with E-state index in [1.807, 2.05) is 24.3 Å². The lowest BCUT2D eigenvalue weighted by Gasteiger charge is -1.98. The van der Waals surface area contributed by atoms with Crippen LogP contribution >= 0.6 is 12.4 Å². The molecule has 0 bridgehead atoms. The Balaban J connectivity index is 0.00000128. The number of halogens is 1. The van der Waals surface area contributed by atoms with Crippen molar-refractivity contribution in [3.63, 3.8) is 0 Å². The quantitative estimate of drug-likeness (QED) is 0.884. The van der Waals surface area contributed by atoms with Gasteiger partial charge in [0, 0.05) is 5.56 Å². The van der Waals surface area contributed by atoms with Crippen LogP contribution in [-0.2, 0) is 6.54 Å². The smallest absolute Gasteiger partial charge is 0.257 e. The SMILES string of the molecule is COc1ccc(-c2nc(CN)no2)cc1.Cl. The van der Waals surface area contributed by atoms with Crippen LogP contribution < -0.4 is 10.5 Å². The molecule has 0 unspecified atom stereocenters. The minimum atomic E-state index is 0. The fraction of sp³-hybridized carbons (Fsp3) is 0.200. The molecule has 1 heterocycles. The summed E-state index contributed by atoms with van der Waals surface area (Å²) in [6.07, 6.45) is 0. The molecule has 0 spiro atoms. The van der Waals surface area contributed by atoms with Crippen LogP contribution in [-0.4, -0.2) is 17.3 Å². The summed E-state index contributed by atoms with van der Waals surface area (Å²) in [6, 6.07) is 7.38. The fourth-order valence-electron chi connectivity index (χ4n) is 1.19. The highest BCUT2D eigenvalue weighted by molar-refractivity contribution is 5.85. The van der Waals surface area contributed by atoms with E-state index in [2.05, 4.69) is 10.1 Å². The molecule has 2 rings (SSSR count). The van der Waals surface area contributed by atoms with Crippen molar-refractivity contribution in [2.75, 3.05) is 7.11 Å². The number of ether oxygens (including phenoxy) is 1. The Hall–Kier alpha value is -1.59. The van der Waals surface area contributed by atoms with E-state index >= 15 is 0 Å². The molecule has 0 atom stereocenters. The van der Waals surface area contributed by atoms with Gasteiger partial charge in [0.2, 0.25) is 0 Å². The molecular weight excluding hydrogens is 230 g/mol. The molecule has 1 aromatic carbocycles. The first kappa shape index (κ1) is 12.5. The van der Waals surface area contributed by atoms with Gasteiger partial charge in [0.05, 0.1) is 13.7 Å². The first-order valence-corrected chi connectivity index (χ1v) is 4.50. The molecule has 6 heteroatoms. The maximum absolute atomic E-state index is 5.38. The summed E-state index contributed by atoms with van der Waals surface area (Å²) in [5.41, 5.74) is 6.23. The Morgan fingerprint density at radius 1 is 1.31 bits per heavy atom. The number of nitrogens with two attached hydrogens (primary N) is 1. The van der Waals surface area contributed by atoms with Crippen molar-refractivity contribution in [1.82, 2.24) is 10.1 Å². The van der Waals surface area contributed by atoms with Gasteiger partial charge in [-0.3, -0.25) is 0 Å². The number of rotatable bonds is 3. The van der Waals surface area contributed by atoms with Crippen molar-refractivity contribution in [3.05, 3.63) is 30.1 Å². The number of aromatic nitrogens is 2. The first-order valence-electron chi connectivity index (χ1n) is 4.50. The van der Waals surface area contributed by atoms with Crippen molar-refractivity contribution < 1.29 is 9.26 Å². The summed E-state index contributed by atoms with van der Waals surface area (Å²) in [5.74, 6) is 1.76. The standard InChI is InChI=1S/C10H11N3O2.ClH/c1-14-8-4-2-7(3-5-8)10-12-9(6-11)13-15-10;/h2-5H,6,11H2,1H3;1H. The van der Waals surface area contributed by atoms with Gasteiger partial charge in [-0.2, -0.15) is 4.98 Å². The van der Waals surface area contributed by atoms with Crippen molar-refractivity contribution in [2.24, 2.45) is 5.73 Å². The van der Waals surface area contributed by atoms with Gasteiger partial charge in [-0.15, -0.1) is 12.4 Å². The Morgan fingerprint density at radius 2 is 2.00 bits per heavy atom. The molecule has 0 saturated heterocycles. The van der Waals surface area contributed by atoms with Gasteiger partial charge in [0.25, 0.3) is 5.89 Å². The summed E-state index contributed by atoms with van der Waals surface area (Å²) < 4.78 is 10.1. The normalized spacial score (nSPS) is 9.62. The molecule has 0 saturated carbocycles. The lowest BCUT2D eigenvalue weighted by atomic mass is 10.2. The molecule has 1 aromatic heterocycles. The van der Waals surface area contributed by atoms with Crippen LogP contribution in [0.5, 0.6) is 5.75 Å². The maximum atomic E-state index is 5.38. The van der Waals surface area contributed by atoms with Gasteiger partial charge >= 0.3 is 0 Å². The monoisotopic (exact) mass is 241 g/mol. The zero-order valence-electron chi connectivity index (χ0n) is 8.71. The molecule has 86 valence electrons. The van der Waals surface area contributed by atoms with Crippen LogP contribution in [0.25, 0.3) is 11.5 Å². The van der Waals surface area contributed by atoms with E-state index in [1.165, 1.54) is 0 Å². The summed E-state index contributed by atoms with van der Waals surface area (Å²) in [6.45, 7) is 0.277. The number of nitrogens with zero attached hydrogens (tertiary/aromatic N) is 2. The minimum Gasteiger partial charge on any atom is -0.497 e. The van der Waals surface area contributed by atoms with Crippen LogP contribution in [0.1, 0.15) is 5.82 Å². The predicted octanol–water partition coefficient (Wildman–Crippen LogP) is 1.63. The van der Waals surface area contributed by atoms with E-state index < -0.39 is 0 Å². The Kier molecular flexibility index (Phi) is 4.28. The van der Waals surface area contributed by atoms with E-state index in [1.54, 1.807) is 7.11 Å². The fourth-order valence-corrected chi connectivity index (χ4v) is 1.19. The van der Waals surface area contributed by atoms with Gasteiger partial charge in [0.1, 0.15) is 5.75 Å². The molecule has 0 radical (unpaired) electrons. The highest BCUT2D eigenvalue weighted by Gasteiger charge is 2.07. The van der Waals surface area contributed by atoms with Crippen LogP contribution in [0.4, 0.5) is 0 Å². The molecule has 0 fully saturated rings. The van der Waals surface area contributed by atoms with Crippen LogP contribution in [0.2, 0.25) is 0 Å². The largest absolute Gasteiger partial charge is 0.497 e. The lowest BCUT2D eigenvalue weighted by Crippen LogP contribution is -1.97. The summed E-state index contributed by atoms with van der Waals surface area (Å²) in [4.78, 5) is 4.11. The molecule has 0 aliphatic carbocycles. The third-order valence-electron chi connectivity index (χ3n) is 1.99. The second-order valence-electron chi connectivity index (χ2n) is 2.95. The maximum Gasteiger partial charge on any atom is 0.257 e. The molecule has 16 heavy (non-hydrogen) atoms. The lowest BCUT2D eigenvalue weighted by molar-refractivity contribution is 0.414. The first-order chi connectivity index (χ1) is 7.33. The van der Waals surface area contributed by atoms with Crippen molar-refractivity contribution in [1.29, 1.82) is 0 Å². The van der Waals surface area contributed by atoms with Crippen molar-refractivity contribution in [3.8, 4) is 17.2 Å². The summed E-state index contributed by atoms with van der Waals surface area (Å²) >= 11 is 0. The number of hydrogen-bond donors (Lipinski definition) is 1. The topological polar surface area (TPSA) is 74.2 Å². The zero-order chi connectivity index (χ0) is 10.7. The van der Waals surface area contributed by atoms with Gasteiger partial charge in [-0.25, -0.2) is 0 Å². The van der Waals surface area contributed by atoms with Crippen LogP contribution in [0.15, 0.2) is 28.8 Å². The Bertz CT molecular complexity index is 442. The number of benzene rings is 1. The van der Waals surface area contributed by atoms with Gasteiger partial charge < -0.3 is 15.0 Å². The van der Waals surface area contributed by atoms with Crippen LogP contribution in [0.3, 0.4) is 0 Å². The molecule has 2 aromatic rings. The molecular formula is C10H12ClN3O2. The summed E-state index contributed by atoms with van der Waals surface area (Å²) in [5, 5.41) is 3.71. The summed E-state index contributed by atoms with van der Waals surface area (Å²) in [7, 11) is 1.62. The molecule has 0 aliphatic heterocycles. The molecule has 0 aliphatic rings. The van der Waals surface area contributed by atoms with Crippen molar-refractivity contribution in [2.45, 2.75) is 6.54 Å².